The Balaban J connectivity index is 1.64. The highest BCUT2D eigenvalue weighted by Gasteiger charge is 2.11. The second-order valence-electron chi connectivity index (χ2n) is 5.95. The Morgan fingerprint density at radius 1 is 1.04 bits per heavy atom. The lowest BCUT2D eigenvalue weighted by atomic mass is 10.1. The molecule has 2 N–H and O–H groups in total. The van der Waals surface area contributed by atoms with E-state index in [0.717, 1.165) is 22.6 Å². The third kappa shape index (κ3) is 4.17. The molecule has 128 valence electrons. The van der Waals surface area contributed by atoms with Gasteiger partial charge in [-0.1, -0.05) is 42.5 Å². The molecule has 25 heavy (non-hydrogen) atoms. The molecule has 1 heterocycles. The minimum atomic E-state index is -0.0755. The molecule has 0 aliphatic rings. The maximum absolute atomic E-state index is 11.7. The first-order valence-corrected chi connectivity index (χ1v) is 8.37. The fourth-order valence-corrected chi connectivity index (χ4v) is 2.68. The van der Waals surface area contributed by atoms with Gasteiger partial charge in [0.15, 0.2) is 0 Å². The summed E-state index contributed by atoms with van der Waals surface area (Å²) in [6.45, 7) is 2.73. The molecule has 0 aliphatic carbocycles. The number of hydrogen-bond donors (Lipinski definition) is 2. The number of benzene rings is 2. The van der Waals surface area contributed by atoms with Crippen molar-refractivity contribution in [3.63, 3.8) is 0 Å². The summed E-state index contributed by atoms with van der Waals surface area (Å²) in [5, 5.41) is 6.08. The van der Waals surface area contributed by atoms with Gasteiger partial charge in [0.1, 0.15) is 11.5 Å². The van der Waals surface area contributed by atoms with Gasteiger partial charge in [0, 0.05) is 24.7 Å². The highest BCUT2D eigenvalue weighted by Crippen LogP contribution is 2.25. The Kier molecular flexibility index (Phi) is 5.31. The van der Waals surface area contributed by atoms with Crippen molar-refractivity contribution in [3.05, 3.63) is 83.6 Å². The van der Waals surface area contributed by atoms with E-state index < -0.39 is 0 Å². The van der Waals surface area contributed by atoms with E-state index in [2.05, 4.69) is 17.6 Å². The van der Waals surface area contributed by atoms with Crippen molar-refractivity contribution >= 4 is 5.91 Å². The predicted octanol–water partition coefficient (Wildman–Crippen LogP) is 4.16. The summed E-state index contributed by atoms with van der Waals surface area (Å²) in [6.07, 6.45) is 0. The van der Waals surface area contributed by atoms with Crippen molar-refractivity contribution in [2.75, 3.05) is 7.05 Å². The number of carbonyl (C=O) groups is 1. The van der Waals surface area contributed by atoms with Crippen LogP contribution < -0.4 is 10.6 Å². The molecule has 3 aromatic rings. The second-order valence-corrected chi connectivity index (χ2v) is 5.95. The molecule has 1 unspecified atom stereocenters. The Labute approximate surface area is 147 Å². The monoisotopic (exact) mass is 334 g/mol. The molecule has 2 aromatic carbocycles. The summed E-state index contributed by atoms with van der Waals surface area (Å²) in [6, 6.07) is 21.7. The van der Waals surface area contributed by atoms with Crippen LogP contribution in [0.2, 0.25) is 0 Å². The zero-order valence-corrected chi connectivity index (χ0v) is 14.5. The van der Waals surface area contributed by atoms with Crippen LogP contribution in [0, 0.1) is 0 Å². The van der Waals surface area contributed by atoms with Gasteiger partial charge in [0.2, 0.25) is 0 Å². The molecular formula is C21H22N2O2. The highest BCUT2D eigenvalue weighted by atomic mass is 16.3. The Morgan fingerprint density at radius 2 is 1.84 bits per heavy atom. The largest absolute Gasteiger partial charge is 0.459 e. The summed E-state index contributed by atoms with van der Waals surface area (Å²) < 4.78 is 5.97. The summed E-state index contributed by atoms with van der Waals surface area (Å²) in [7, 11) is 1.64. The molecule has 1 amide bonds. The third-order valence-electron chi connectivity index (χ3n) is 4.14. The molecule has 0 aliphatic heterocycles. The van der Waals surface area contributed by atoms with E-state index >= 15 is 0 Å². The van der Waals surface area contributed by atoms with Gasteiger partial charge in [0.05, 0.1) is 6.04 Å². The van der Waals surface area contributed by atoms with Crippen molar-refractivity contribution in [3.8, 4) is 11.3 Å². The molecule has 1 atom stereocenters. The minimum absolute atomic E-state index is 0.0705. The summed E-state index contributed by atoms with van der Waals surface area (Å²) in [4.78, 5) is 11.7. The van der Waals surface area contributed by atoms with E-state index in [9.17, 15) is 4.79 Å². The predicted molar refractivity (Wildman–Crippen MR) is 99.2 cm³/mol. The minimum Gasteiger partial charge on any atom is -0.459 e. The van der Waals surface area contributed by atoms with E-state index in [1.807, 2.05) is 66.7 Å². The molecule has 4 heteroatoms. The van der Waals surface area contributed by atoms with E-state index in [4.69, 9.17) is 4.42 Å². The molecule has 0 bridgehead atoms. The van der Waals surface area contributed by atoms with Crippen molar-refractivity contribution < 1.29 is 9.21 Å². The second kappa shape index (κ2) is 7.81. The summed E-state index contributed by atoms with van der Waals surface area (Å²) in [5.41, 5.74) is 2.79. The van der Waals surface area contributed by atoms with E-state index in [1.165, 1.54) is 0 Å². The lowest BCUT2D eigenvalue weighted by Gasteiger charge is -2.12. The molecule has 3 rings (SSSR count). The third-order valence-corrected chi connectivity index (χ3v) is 4.14. The van der Waals surface area contributed by atoms with Gasteiger partial charge >= 0.3 is 0 Å². The number of carbonyl (C=O) groups excluding carboxylic acids is 1. The quantitative estimate of drug-likeness (QED) is 0.712. The fourth-order valence-electron chi connectivity index (χ4n) is 2.68. The van der Waals surface area contributed by atoms with Gasteiger partial charge in [0.25, 0.3) is 5.91 Å². The average Bonchev–Trinajstić information content (AvgIpc) is 3.17. The normalized spacial score (nSPS) is 11.9. The van der Waals surface area contributed by atoms with Crippen LogP contribution in [0.4, 0.5) is 0 Å². The fraction of sp³-hybridized carbons (Fsp3) is 0.190. The smallest absolute Gasteiger partial charge is 0.251 e. The van der Waals surface area contributed by atoms with Gasteiger partial charge in [-0.15, -0.1) is 0 Å². The number of amides is 1. The number of hydrogen-bond acceptors (Lipinski definition) is 3. The SMILES string of the molecule is CNC(=O)c1cccc(CNC(C)c2ccc(-c3ccccc3)o2)c1. The molecule has 4 nitrogen and oxygen atoms in total. The van der Waals surface area contributed by atoms with Gasteiger partial charge < -0.3 is 15.1 Å². The molecule has 1 aromatic heterocycles. The highest BCUT2D eigenvalue weighted by molar-refractivity contribution is 5.94. The van der Waals surface area contributed by atoms with Crippen molar-refractivity contribution in [1.82, 2.24) is 10.6 Å². The average molecular weight is 334 g/mol. The Bertz CT molecular complexity index is 840. The topological polar surface area (TPSA) is 54.3 Å². The Hall–Kier alpha value is -2.85. The van der Waals surface area contributed by atoms with Crippen LogP contribution in [0.15, 0.2) is 71.1 Å². The van der Waals surface area contributed by atoms with Crippen molar-refractivity contribution in [1.29, 1.82) is 0 Å². The number of furan rings is 1. The van der Waals surface area contributed by atoms with Crippen LogP contribution in [0.3, 0.4) is 0 Å². The standard InChI is InChI=1S/C21H22N2O2/c1-15(19-11-12-20(25-19)17-8-4-3-5-9-17)23-14-16-7-6-10-18(13-16)21(24)22-2/h3-13,15,23H,14H2,1-2H3,(H,22,24). The van der Waals surface area contributed by atoms with Gasteiger partial charge in [-0.3, -0.25) is 4.79 Å². The maximum atomic E-state index is 11.7. The van der Waals surface area contributed by atoms with E-state index in [1.54, 1.807) is 7.05 Å². The van der Waals surface area contributed by atoms with Crippen LogP contribution in [0.5, 0.6) is 0 Å². The number of rotatable bonds is 6. The lowest BCUT2D eigenvalue weighted by molar-refractivity contribution is 0.0963. The number of nitrogens with one attached hydrogen (secondary N) is 2. The van der Waals surface area contributed by atoms with Crippen molar-refractivity contribution in [2.45, 2.75) is 19.5 Å². The molecule has 0 fully saturated rings. The molecule has 0 saturated carbocycles. The lowest BCUT2D eigenvalue weighted by Crippen LogP contribution is -2.20. The zero-order chi connectivity index (χ0) is 17.6. The van der Waals surface area contributed by atoms with Gasteiger partial charge in [-0.05, 0) is 36.8 Å². The van der Waals surface area contributed by atoms with Gasteiger partial charge in [-0.25, -0.2) is 0 Å². The zero-order valence-electron chi connectivity index (χ0n) is 14.5. The molecule has 0 spiro atoms. The maximum Gasteiger partial charge on any atom is 0.251 e. The Morgan fingerprint density at radius 3 is 2.60 bits per heavy atom. The van der Waals surface area contributed by atoms with E-state index in [0.29, 0.717) is 12.1 Å². The first-order valence-electron chi connectivity index (χ1n) is 8.37. The molecule has 0 radical (unpaired) electrons. The van der Waals surface area contributed by atoms with Crippen LogP contribution in [0.25, 0.3) is 11.3 Å². The van der Waals surface area contributed by atoms with E-state index in [-0.39, 0.29) is 11.9 Å². The first kappa shape index (κ1) is 17.0. The van der Waals surface area contributed by atoms with Crippen molar-refractivity contribution in [2.24, 2.45) is 0 Å². The van der Waals surface area contributed by atoms with Crippen LogP contribution in [-0.2, 0) is 6.54 Å². The summed E-state index contributed by atoms with van der Waals surface area (Å²) >= 11 is 0. The van der Waals surface area contributed by atoms with Gasteiger partial charge in [-0.2, -0.15) is 0 Å². The van der Waals surface area contributed by atoms with Crippen LogP contribution in [-0.4, -0.2) is 13.0 Å². The summed E-state index contributed by atoms with van der Waals surface area (Å²) in [5.74, 6) is 1.68. The molecular weight excluding hydrogens is 312 g/mol. The first-order chi connectivity index (χ1) is 12.2. The molecule has 0 saturated heterocycles. The van der Waals surface area contributed by atoms with Crippen LogP contribution >= 0.6 is 0 Å². The van der Waals surface area contributed by atoms with Crippen LogP contribution in [0.1, 0.15) is 34.6 Å².